The van der Waals surface area contributed by atoms with Crippen molar-refractivity contribution in [1.29, 1.82) is 0 Å². The first-order valence-corrected chi connectivity index (χ1v) is 11.5. The van der Waals surface area contributed by atoms with Gasteiger partial charge in [-0.25, -0.2) is 4.79 Å². The highest BCUT2D eigenvalue weighted by molar-refractivity contribution is 5.91. The molecule has 1 fully saturated rings. The lowest BCUT2D eigenvalue weighted by molar-refractivity contribution is 0.0684. The molecule has 1 aliphatic carbocycles. The van der Waals surface area contributed by atoms with Crippen molar-refractivity contribution < 1.29 is 4.79 Å². The van der Waals surface area contributed by atoms with Crippen LogP contribution in [0.1, 0.15) is 59.3 Å². The van der Waals surface area contributed by atoms with Gasteiger partial charge >= 0.3 is 5.69 Å². The van der Waals surface area contributed by atoms with Crippen LogP contribution < -0.4 is 11.2 Å². The van der Waals surface area contributed by atoms with E-state index in [0.717, 1.165) is 53.4 Å². The molecule has 0 atom stereocenters. The molecule has 33 heavy (non-hydrogen) atoms. The average molecular weight is 447 g/mol. The van der Waals surface area contributed by atoms with Crippen LogP contribution in [0.25, 0.3) is 5.69 Å². The molecule has 0 saturated heterocycles. The van der Waals surface area contributed by atoms with Gasteiger partial charge in [-0.1, -0.05) is 61.2 Å². The molecule has 1 heterocycles. The second kappa shape index (κ2) is 9.57. The molecule has 0 N–H and O–H groups in total. The van der Waals surface area contributed by atoms with E-state index in [4.69, 9.17) is 0 Å². The summed E-state index contributed by atoms with van der Waals surface area (Å²) in [5, 5.41) is 4.30. The standard InChI is InChI=1S/C26H30N4O3/c1-18-9-7-11-20(15-18)17-29-25(32)23(24(31)28(3)21-12-5-4-6-13-21)27-30(26(29)33)22-14-8-10-19(2)16-22/h7-11,14-16,21H,4-6,12-13,17H2,1-3H3. The van der Waals surface area contributed by atoms with E-state index in [0.29, 0.717) is 5.69 Å². The zero-order chi connectivity index (χ0) is 23.5. The van der Waals surface area contributed by atoms with Crippen LogP contribution in [0.5, 0.6) is 0 Å². The molecule has 0 aliphatic heterocycles. The third kappa shape index (κ3) is 4.82. The van der Waals surface area contributed by atoms with Crippen LogP contribution in [0.15, 0.2) is 58.1 Å². The lowest BCUT2D eigenvalue weighted by Gasteiger charge is -2.30. The zero-order valence-corrected chi connectivity index (χ0v) is 19.5. The largest absolute Gasteiger partial charge is 0.352 e. The van der Waals surface area contributed by atoms with Gasteiger partial charge in [-0.15, -0.1) is 0 Å². The Bertz CT molecular complexity index is 1290. The fraction of sp³-hybridized carbons (Fsp3) is 0.385. The Morgan fingerprint density at radius 2 is 1.67 bits per heavy atom. The molecule has 172 valence electrons. The van der Waals surface area contributed by atoms with Gasteiger partial charge in [0.15, 0.2) is 0 Å². The van der Waals surface area contributed by atoms with Crippen LogP contribution in [0.3, 0.4) is 0 Å². The maximum Gasteiger partial charge on any atom is 0.352 e. The normalized spacial score (nSPS) is 14.3. The molecule has 7 heteroatoms. The predicted molar refractivity (Wildman–Crippen MR) is 128 cm³/mol. The quantitative estimate of drug-likeness (QED) is 0.601. The van der Waals surface area contributed by atoms with Crippen molar-refractivity contribution in [3.63, 3.8) is 0 Å². The van der Waals surface area contributed by atoms with Crippen LogP contribution >= 0.6 is 0 Å². The Labute approximate surface area is 193 Å². The van der Waals surface area contributed by atoms with E-state index in [-0.39, 0.29) is 18.3 Å². The number of hydrogen-bond acceptors (Lipinski definition) is 4. The maximum absolute atomic E-state index is 13.4. The monoisotopic (exact) mass is 446 g/mol. The van der Waals surface area contributed by atoms with E-state index >= 15 is 0 Å². The molecule has 1 amide bonds. The number of benzene rings is 2. The van der Waals surface area contributed by atoms with Crippen molar-refractivity contribution in [2.75, 3.05) is 7.05 Å². The van der Waals surface area contributed by atoms with Gasteiger partial charge in [0.25, 0.3) is 11.5 Å². The molecule has 4 rings (SSSR count). The number of rotatable bonds is 5. The lowest BCUT2D eigenvalue weighted by Crippen LogP contribution is -2.48. The van der Waals surface area contributed by atoms with Gasteiger partial charge < -0.3 is 4.90 Å². The first-order chi connectivity index (χ1) is 15.8. The predicted octanol–water partition coefficient (Wildman–Crippen LogP) is 3.46. The summed E-state index contributed by atoms with van der Waals surface area (Å²) in [6.07, 6.45) is 5.12. The minimum Gasteiger partial charge on any atom is -0.337 e. The highest BCUT2D eigenvalue weighted by Crippen LogP contribution is 2.22. The Hall–Kier alpha value is -3.48. The number of nitrogens with zero attached hydrogens (tertiary/aromatic N) is 4. The Kier molecular flexibility index (Phi) is 6.58. The second-order valence-electron chi connectivity index (χ2n) is 8.97. The van der Waals surface area contributed by atoms with Crippen molar-refractivity contribution in [1.82, 2.24) is 19.2 Å². The molecule has 0 radical (unpaired) electrons. The number of carbonyl (C=O) groups excluding carboxylic acids is 1. The van der Waals surface area contributed by atoms with Gasteiger partial charge in [0.2, 0.25) is 5.69 Å². The molecule has 2 aromatic carbocycles. The molecule has 7 nitrogen and oxygen atoms in total. The van der Waals surface area contributed by atoms with E-state index in [1.165, 1.54) is 4.68 Å². The van der Waals surface area contributed by atoms with Crippen molar-refractivity contribution in [3.05, 3.63) is 91.8 Å². The second-order valence-corrected chi connectivity index (χ2v) is 8.97. The fourth-order valence-corrected chi connectivity index (χ4v) is 4.51. The van der Waals surface area contributed by atoms with Gasteiger partial charge in [-0.2, -0.15) is 9.78 Å². The van der Waals surface area contributed by atoms with Crippen LogP contribution in [-0.2, 0) is 6.54 Å². The van der Waals surface area contributed by atoms with Gasteiger partial charge in [0.05, 0.1) is 12.2 Å². The number of hydrogen-bond donors (Lipinski definition) is 0. The Morgan fingerprint density at radius 1 is 1.00 bits per heavy atom. The molecule has 0 unspecified atom stereocenters. The van der Waals surface area contributed by atoms with Crippen molar-refractivity contribution in [3.8, 4) is 5.69 Å². The summed E-state index contributed by atoms with van der Waals surface area (Å²) < 4.78 is 2.29. The van der Waals surface area contributed by atoms with E-state index in [9.17, 15) is 14.4 Å². The minimum absolute atomic E-state index is 0.0705. The van der Waals surface area contributed by atoms with Crippen LogP contribution in [0.2, 0.25) is 0 Å². The van der Waals surface area contributed by atoms with Gasteiger partial charge in [0, 0.05) is 13.1 Å². The maximum atomic E-state index is 13.4. The van der Waals surface area contributed by atoms with E-state index in [2.05, 4.69) is 5.10 Å². The zero-order valence-electron chi connectivity index (χ0n) is 19.5. The van der Waals surface area contributed by atoms with Crippen LogP contribution in [-0.4, -0.2) is 38.2 Å². The first-order valence-electron chi connectivity index (χ1n) is 11.5. The first kappa shape index (κ1) is 22.7. The number of carbonyl (C=O) groups is 1. The highest BCUT2D eigenvalue weighted by Gasteiger charge is 2.28. The smallest absolute Gasteiger partial charge is 0.337 e. The summed E-state index contributed by atoms with van der Waals surface area (Å²) in [5.74, 6) is -0.439. The van der Waals surface area contributed by atoms with Gasteiger partial charge in [-0.05, 0) is 49.9 Å². The highest BCUT2D eigenvalue weighted by atomic mass is 16.2. The third-order valence-corrected chi connectivity index (χ3v) is 6.37. The molecular weight excluding hydrogens is 416 g/mol. The minimum atomic E-state index is -0.655. The summed E-state index contributed by atoms with van der Waals surface area (Å²) in [7, 11) is 1.73. The number of amides is 1. The fourth-order valence-electron chi connectivity index (χ4n) is 4.51. The van der Waals surface area contributed by atoms with Crippen molar-refractivity contribution in [2.24, 2.45) is 0 Å². The van der Waals surface area contributed by atoms with Gasteiger partial charge in [0.1, 0.15) is 0 Å². The van der Waals surface area contributed by atoms with E-state index in [1.807, 2.05) is 56.3 Å². The topological polar surface area (TPSA) is 77.2 Å². The summed E-state index contributed by atoms with van der Waals surface area (Å²) >= 11 is 0. The average Bonchev–Trinajstić information content (AvgIpc) is 2.81. The van der Waals surface area contributed by atoms with Crippen LogP contribution in [0, 0.1) is 13.8 Å². The Balaban J connectivity index is 1.85. The van der Waals surface area contributed by atoms with E-state index < -0.39 is 17.2 Å². The van der Waals surface area contributed by atoms with Crippen LogP contribution in [0.4, 0.5) is 0 Å². The summed E-state index contributed by atoms with van der Waals surface area (Å²) in [6.45, 7) is 3.94. The van der Waals surface area contributed by atoms with Crippen molar-refractivity contribution >= 4 is 5.91 Å². The molecule has 1 aromatic heterocycles. The molecular formula is C26H30N4O3. The molecule has 3 aromatic rings. The summed E-state index contributed by atoms with van der Waals surface area (Å²) in [5.41, 5.74) is 1.87. The van der Waals surface area contributed by atoms with Crippen molar-refractivity contribution in [2.45, 2.75) is 58.5 Å². The SMILES string of the molecule is Cc1cccc(Cn2c(=O)c(C(=O)N(C)C3CCCCC3)nn(-c3cccc(C)c3)c2=O)c1. The van der Waals surface area contributed by atoms with E-state index in [1.54, 1.807) is 18.0 Å². The number of aryl methyl sites for hydroxylation is 2. The molecule has 1 aliphatic rings. The molecule has 0 bridgehead atoms. The summed E-state index contributed by atoms with van der Waals surface area (Å²) in [6, 6.07) is 15.0. The third-order valence-electron chi connectivity index (χ3n) is 6.37. The lowest BCUT2D eigenvalue weighted by atomic mass is 9.94. The molecule has 1 saturated carbocycles. The summed E-state index contributed by atoms with van der Waals surface area (Å²) in [4.78, 5) is 41.8. The van der Waals surface area contributed by atoms with Gasteiger partial charge in [-0.3, -0.25) is 14.2 Å². The number of aromatic nitrogens is 3. The molecule has 0 spiro atoms. The Morgan fingerprint density at radius 3 is 2.33 bits per heavy atom.